The van der Waals surface area contributed by atoms with Crippen molar-refractivity contribution in [3.05, 3.63) is 70.3 Å². The molecule has 0 fully saturated rings. The van der Waals surface area contributed by atoms with E-state index in [9.17, 15) is 10.1 Å². The summed E-state index contributed by atoms with van der Waals surface area (Å²) in [6, 6.07) is 14.9. The zero-order chi connectivity index (χ0) is 19.1. The maximum absolute atomic E-state index is 11.6. The molecule has 9 nitrogen and oxygen atoms in total. The summed E-state index contributed by atoms with van der Waals surface area (Å²) in [5, 5.41) is 24.5. The molecule has 3 aromatic rings. The van der Waals surface area contributed by atoms with Gasteiger partial charge in [-0.3, -0.25) is 15.2 Å². The fraction of sp³-hybridized carbons (Fsp3) is 0.158. The van der Waals surface area contributed by atoms with Gasteiger partial charge in [0.15, 0.2) is 23.8 Å². The third-order valence-corrected chi connectivity index (χ3v) is 4.71. The quantitative estimate of drug-likeness (QED) is 0.554. The molecule has 0 aliphatic carbocycles. The SMILES string of the molecule is O=[N+]([O-])C1[C]=NN(c2cc(-c3ccccc3)n[nH]2)C1c1ccc2c(c1)OCO2. The second-order valence-electron chi connectivity index (χ2n) is 6.37. The van der Waals surface area contributed by atoms with Crippen molar-refractivity contribution in [1.82, 2.24) is 10.2 Å². The third kappa shape index (κ3) is 2.64. The monoisotopic (exact) mass is 376 g/mol. The third-order valence-electron chi connectivity index (χ3n) is 4.71. The van der Waals surface area contributed by atoms with Gasteiger partial charge >= 0.3 is 0 Å². The molecule has 2 aliphatic rings. The first-order valence-electron chi connectivity index (χ1n) is 8.60. The molecular formula is C19H14N5O4. The largest absolute Gasteiger partial charge is 0.454 e. The molecule has 28 heavy (non-hydrogen) atoms. The van der Waals surface area contributed by atoms with Crippen LogP contribution in [-0.4, -0.2) is 34.2 Å². The first kappa shape index (κ1) is 16.3. The molecule has 3 heterocycles. The minimum absolute atomic E-state index is 0.134. The summed E-state index contributed by atoms with van der Waals surface area (Å²) in [5.74, 6) is 1.71. The van der Waals surface area contributed by atoms with Crippen molar-refractivity contribution in [2.24, 2.45) is 5.10 Å². The summed E-state index contributed by atoms with van der Waals surface area (Å²) in [5.41, 5.74) is 2.33. The van der Waals surface area contributed by atoms with Crippen LogP contribution in [-0.2, 0) is 0 Å². The van der Waals surface area contributed by atoms with Crippen LogP contribution in [0.15, 0.2) is 59.7 Å². The number of benzene rings is 2. The van der Waals surface area contributed by atoms with Gasteiger partial charge in [0.2, 0.25) is 6.79 Å². The number of hydrazone groups is 1. The Morgan fingerprint density at radius 1 is 1.14 bits per heavy atom. The molecule has 0 spiro atoms. The highest BCUT2D eigenvalue weighted by atomic mass is 16.7. The lowest BCUT2D eigenvalue weighted by Gasteiger charge is -2.22. The molecule has 2 aliphatic heterocycles. The highest BCUT2D eigenvalue weighted by Crippen LogP contribution is 2.40. The molecule has 1 N–H and O–H groups in total. The van der Waals surface area contributed by atoms with Gasteiger partial charge in [0, 0.05) is 16.6 Å². The Morgan fingerprint density at radius 2 is 1.96 bits per heavy atom. The van der Waals surface area contributed by atoms with Crippen molar-refractivity contribution in [2.75, 3.05) is 11.8 Å². The van der Waals surface area contributed by atoms with Crippen LogP contribution in [0, 0.1) is 10.1 Å². The summed E-state index contributed by atoms with van der Waals surface area (Å²) < 4.78 is 10.7. The van der Waals surface area contributed by atoms with Crippen molar-refractivity contribution in [2.45, 2.75) is 12.1 Å². The van der Waals surface area contributed by atoms with Crippen molar-refractivity contribution in [3.8, 4) is 22.8 Å². The van der Waals surface area contributed by atoms with Crippen molar-refractivity contribution < 1.29 is 14.4 Å². The number of aromatic amines is 1. The average molecular weight is 376 g/mol. The highest BCUT2D eigenvalue weighted by Gasteiger charge is 2.43. The Morgan fingerprint density at radius 3 is 2.79 bits per heavy atom. The number of ether oxygens (including phenoxy) is 2. The van der Waals surface area contributed by atoms with Gasteiger partial charge in [-0.2, -0.15) is 10.2 Å². The molecule has 2 aromatic carbocycles. The summed E-state index contributed by atoms with van der Waals surface area (Å²) in [6.07, 6.45) is 2.60. The number of hydrogen-bond donors (Lipinski definition) is 1. The van der Waals surface area contributed by atoms with Crippen molar-refractivity contribution in [3.63, 3.8) is 0 Å². The van der Waals surface area contributed by atoms with Crippen LogP contribution >= 0.6 is 0 Å². The molecule has 1 radical (unpaired) electrons. The number of fused-ring (bicyclic) bond motifs is 1. The Kier molecular flexibility index (Phi) is 3.71. The predicted octanol–water partition coefficient (Wildman–Crippen LogP) is 2.87. The van der Waals surface area contributed by atoms with E-state index in [2.05, 4.69) is 21.5 Å². The van der Waals surface area contributed by atoms with E-state index in [0.717, 1.165) is 11.3 Å². The van der Waals surface area contributed by atoms with Crippen LogP contribution in [0.1, 0.15) is 11.6 Å². The Hall–Kier alpha value is -3.88. The van der Waals surface area contributed by atoms with Gasteiger partial charge in [0.1, 0.15) is 5.82 Å². The summed E-state index contributed by atoms with van der Waals surface area (Å²) in [6.45, 7) is 0.134. The molecule has 0 saturated heterocycles. The predicted molar refractivity (Wildman–Crippen MR) is 100 cm³/mol. The van der Waals surface area contributed by atoms with Gasteiger partial charge in [0.05, 0.1) is 5.69 Å². The lowest BCUT2D eigenvalue weighted by molar-refractivity contribution is -0.504. The number of nitrogens with one attached hydrogen (secondary N) is 1. The molecule has 2 atom stereocenters. The number of anilines is 1. The Bertz CT molecular complexity index is 1070. The lowest BCUT2D eigenvalue weighted by atomic mass is 10.00. The summed E-state index contributed by atoms with van der Waals surface area (Å²) in [4.78, 5) is 11.2. The summed E-state index contributed by atoms with van der Waals surface area (Å²) >= 11 is 0. The van der Waals surface area contributed by atoms with Crippen LogP contribution in [0.5, 0.6) is 11.5 Å². The number of rotatable bonds is 4. The van der Waals surface area contributed by atoms with E-state index in [1.165, 1.54) is 5.01 Å². The van der Waals surface area contributed by atoms with Gasteiger partial charge < -0.3 is 9.47 Å². The van der Waals surface area contributed by atoms with Crippen LogP contribution < -0.4 is 14.5 Å². The zero-order valence-electron chi connectivity index (χ0n) is 14.5. The zero-order valence-corrected chi connectivity index (χ0v) is 14.5. The number of H-pyrrole nitrogens is 1. The smallest absolute Gasteiger partial charge is 0.284 e. The van der Waals surface area contributed by atoms with E-state index in [1.807, 2.05) is 36.4 Å². The van der Waals surface area contributed by atoms with Crippen molar-refractivity contribution in [1.29, 1.82) is 0 Å². The van der Waals surface area contributed by atoms with Gasteiger partial charge in [0.25, 0.3) is 6.04 Å². The normalized spacial score (nSPS) is 19.9. The maximum Gasteiger partial charge on any atom is 0.284 e. The van der Waals surface area contributed by atoms with E-state index < -0.39 is 17.0 Å². The second-order valence-corrected chi connectivity index (χ2v) is 6.37. The molecule has 139 valence electrons. The second kappa shape index (κ2) is 6.38. The first-order chi connectivity index (χ1) is 13.7. The van der Waals surface area contributed by atoms with E-state index in [-0.39, 0.29) is 6.79 Å². The number of nitro groups is 1. The Balaban J connectivity index is 1.52. The Labute approximate surface area is 159 Å². The number of hydrogen-bond acceptors (Lipinski definition) is 7. The maximum atomic E-state index is 11.6. The van der Waals surface area contributed by atoms with E-state index in [0.29, 0.717) is 22.9 Å². The van der Waals surface area contributed by atoms with Gasteiger partial charge in [-0.15, -0.1) is 0 Å². The lowest BCUT2D eigenvalue weighted by Crippen LogP contribution is -2.33. The number of nitrogens with zero attached hydrogens (tertiary/aromatic N) is 4. The highest BCUT2D eigenvalue weighted by molar-refractivity contribution is 5.73. The van der Waals surface area contributed by atoms with Gasteiger partial charge in [-0.1, -0.05) is 36.4 Å². The topological polar surface area (TPSA) is 106 Å². The van der Waals surface area contributed by atoms with E-state index in [1.54, 1.807) is 18.2 Å². The fourth-order valence-electron chi connectivity index (χ4n) is 3.36. The molecule has 2 unspecified atom stereocenters. The molecule has 1 aromatic heterocycles. The van der Waals surface area contributed by atoms with Crippen molar-refractivity contribution >= 4 is 12.0 Å². The summed E-state index contributed by atoms with van der Waals surface area (Å²) in [7, 11) is 0. The minimum Gasteiger partial charge on any atom is -0.454 e. The minimum atomic E-state index is -1.12. The van der Waals surface area contributed by atoms with E-state index >= 15 is 0 Å². The molecule has 9 heteroatoms. The fourth-order valence-corrected chi connectivity index (χ4v) is 3.36. The molecule has 0 bridgehead atoms. The van der Waals surface area contributed by atoms with Gasteiger partial charge in [-0.05, 0) is 17.7 Å². The molecular weight excluding hydrogens is 362 g/mol. The standard InChI is InChI=1S/C19H14N5O4/c25-24(26)15-10-20-23(18-9-14(21-22-18)12-4-2-1-3-5-12)19(15)13-6-7-16-17(8-13)28-11-27-16/h1-9,15,19H,11H2,(H,21,22). The van der Waals surface area contributed by atoms with Gasteiger partial charge in [-0.25, -0.2) is 5.01 Å². The van der Waals surface area contributed by atoms with Crippen LogP contribution in [0.2, 0.25) is 0 Å². The van der Waals surface area contributed by atoms with Crippen LogP contribution in [0.25, 0.3) is 11.3 Å². The van der Waals surface area contributed by atoms with Crippen LogP contribution in [0.4, 0.5) is 5.82 Å². The molecule has 0 saturated carbocycles. The number of aromatic nitrogens is 2. The van der Waals surface area contributed by atoms with Crippen LogP contribution in [0.3, 0.4) is 0 Å². The molecule has 5 rings (SSSR count). The molecule has 0 amide bonds. The first-order valence-corrected chi connectivity index (χ1v) is 8.60. The average Bonchev–Trinajstić information content (AvgIpc) is 3.45. The van der Waals surface area contributed by atoms with E-state index in [4.69, 9.17) is 9.47 Å².